The smallest absolute Gasteiger partial charge is 0.322 e. The number of nitrogens with zero attached hydrogens (tertiary/aromatic N) is 1. The van der Waals surface area contributed by atoms with Crippen molar-refractivity contribution in [2.45, 2.75) is 6.04 Å². The number of hydrogen-bond acceptors (Lipinski definition) is 4. The number of urea groups is 1. The minimum atomic E-state index is -0.312. The number of fused-ring (bicyclic) bond motifs is 1. The van der Waals surface area contributed by atoms with E-state index < -0.39 is 0 Å². The fourth-order valence-corrected chi connectivity index (χ4v) is 3.15. The minimum Gasteiger partial charge on any atom is -0.493 e. The number of ether oxygens (including phenoxy) is 2. The zero-order valence-corrected chi connectivity index (χ0v) is 14.3. The first-order valence-corrected chi connectivity index (χ1v) is 8.15. The summed E-state index contributed by atoms with van der Waals surface area (Å²) in [6.07, 6.45) is 0. The van der Waals surface area contributed by atoms with Gasteiger partial charge in [0.05, 0.1) is 26.4 Å². The highest BCUT2D eigenvalue weighted by molar-refractivity contribution is 5.89. The Morgan fingerprint density at radius 3 is 2.72 bits per heavy atom. The van der Waals surface area contributed by atoms with Crippen molar-refractivity contribution >= 4 is 11.7 Å². The molecular formula is C19H22N2O4. The van der Waals surface area contributed by atoms with Crippen molar-refractivity contribution in [3.8, 4) is 11.5 Å². The van der Waals surface area contributed by atoms with Crippen molar-refractivity contribution in [3.63, 3.8) is 0 Å². The normalized spacial score (nSPS) is 18.7. The zero-order valence-electron chi connectivity index (χ0n) is 14.3. The second-order valence-corrected chi connectivity index (χ2v) is 5.98. The van der Waals surface area contributed by atoms with Crippen LogP contribution in [0, 0.1) is 5.92 Å². The van der Waals surface area contributed by atoms with E-state index in [0.717, 1.165) is 11.3 Å². The number of aliphatic hydroxyl groups is 1. The van der Waals surface area contributed by atoms with Gasteiger partial charge in [-0.25, -0.2) is 4.79 Å². The summed E-state index contributed by atoms with van der Waals surface area (Å²) in [5.74, 6) is 1.03. The minimum absolute atomic E-state index is 0.0791. The SMILES string of the molecule is COc1cccc2c1OC[C@H](CO)[C@@H]2N(C)C(=O)Nc1ccccc1. The van der Waals surface area contributed by atoms with E-state index >= 15 is 0 Å². The van der Waals surface area contributed by atoms with Gasteiger partial charge in [-0.1, -0.05) is 30.3 Å². The van der Waals surface area contributed by atoms with Crippen molar-refractivity contribution < 1.29 is 19.4 Å². The van der Waals surface area contributed by atoms with Crippen LogP contribution in [0.3, 0.4) is 0 Å². The number of carbonyl (C=O) groups excluding carboxylic acids is 1. The number of aliphatic hydroxyl groups excluding tert-OH is 1. The number of amides is 2. The highest BCUT2D eigenvalue weighted by atomic mass is 16.5. The van der Waals surface area contributed by atoms with E-state index in [1.165, 1.54) is 0 Å². The average molecular weight is 342 g/mol. The van der Waals surface area contributed by atoms with Crippen molar-refractivity contribution in [3.05, 3.63) is 54.1 Å². The molecule has 1 aliphatic rings. The lowest BCUT2D eigenvalue weighted by Crippen LogP contribution is -2.43. The molecule has 0 aliphatic carbocycles. The summed E-state index contributed by atoms with van der Waals surface area (Å²) in [5.41, 5.74) is 1.55. The fraction of sp³-hybridized carbons (Fsp3) is 0.316. The maximum Gasteiger partial charge on any atom is 0.322 e. The second-order valence-electron chi connectivity index (χ2n) is 5.98. The molecule has 2 atom stereocenters. The van der Waals surface area contributed by atoms with Gasteiger partial charge in [-0.05, 0) is 18.2 Å². The first-order valence-electron chi connectivity index (χ1n) is 8.15. The Morgan fingerprint density at radius 2 is 2.04 bits per heavy atom. The van der Waals surface area contributed by atoms with E-state index in [4.69, 9.17) is 9.47 Å². The summed E-state index contributed by atoms with van der Waals surface area (Å²) >= 11 is 0. The number of benzene rings is 2. The number of carbonyl (C=O) groups is 1. The lowest BCUT2D eigenvalue weighted by atomic mass is 9.90. The van der Waals surface area contributed by atoms with E-state index in [0.29, 0.717) is 18.1 Å². The molecule has 25 heavy (non-hydrogen) atoms. The van der Waals surface area contributed by atoms with E-state index in [9.17, 15) is 9.90 Å². The Hall–Kier alpha value is -2.73. The number of nitrogens with one attached hydrogen (secondary N) is 1. The number of para-hydroxylation sites is 2. The molecule has 2 amide bonds. The maximum atomic E-state index is 12.7. The topological polar surface area (TPSA) is 71.0 Å². The first-order chi connectivity index (χ1) is 12.2. The molecule has 6 heteroatoms. The van der Waals surface area contributed by atoms with Crippen molar-refractivity contribution in [1.29, 1.82) is 0 Å². The van der Waals surface area contributed by atoms with Crippen LogP contribution in [0.4, 0.5) is 10.5 Å². The third kappa shape index (κ3) is 3.39. The molecule has 0 saturated carbocycles. The van der Waals surface area contributed by atoms with Gasteiger partial charge < -0.3 is 24.8 Å². The van der Waals surface area contributed by atoms with Crippen LogP contribution in [0.15, 0.2) is 48.5 Å². The molecule has 0 aromatic heterocycles. The molecule has 2 N–H and O–H groups in total. The predicted octanol–water partition coefficient (Wildman–Crippen LogP) is 2.90. The Balaban J connectivity index is 1.89. The van der Waals surface area contributed by atoms with Gasteiger partial charge in [-0.15, -0.1) is 0 Å². The van der Waals surface area contributed by atoms with E-state index in [2.05, 4.69) is 5.32 Å². The lowest BCUT2D eigenvalue weighted by Gasteiger charge is -2.38. The second kappa shape index (κ2) is 7.44. The van der Waals surface area contributed by atoms with Gasteiger partial charge >= 0.3 is 6.03 Å². The third-order valence-corrected chi connectivity index (χ3v) is 4.43. The molecule has 0 fully saturated rings. The maximum absolute atomic E-state index is 12.7. The molecule has 0 spiro atoms. The zero-order chi connectivity index (χ0) is 17.8. The van der Waals surface area contributed by atoms with Crippen LogP contribution in [0.1, 0.15) is 11.6 Å². The van der Waals surface area contributed by atoms with Crippen LogP contribution in [0.2, 0.25) is 0 Å². The quantitative estimate of drug-likeness (QED) is 0.896. The van der Waals surface area contributed by atoms with Gasteiger partial charge in [0.25, 0.3) is 0 Å². The molecule has 2 aromatic rings. The lowest BCUT2D eigenvalue weighted by molar-refractivity contribution is 0.0719. The Kier molecular flexibility index (Phi) is 5.09. The van der Waals surface area contributed by atoms with Gasteiger partial charge in [-0.2, -0.15) is 0 Å². The van der Waals surface area contributed by atoms with Crippen molar-refractivity contribution in [2.75, 3.05) is 32.7 Å². The van der Waals surface area contributed by atoms with Crippen molar-refractivity contribution in [2.24, 2.45) is 5.92 Å². The summed E-state index contributed by atoms with van der Waals surface area (Å²) < 4.78 is 11.1. The van der Waals surface area contributed by atoms with Crippen LogP contribution < -0.4 is 14.8 Å². The summed E-state index contributed by atoms with van der Waals surface area (Å²) in [7, 11) is 3.30. The van der Waals surface area contributed by atoms with Crippen LogP contribution in [-0.2, 0) is 0 Å². The summed E-state index contributed by atoms with van der Waals surface area (Å²) in [6, 6.07) is 14.3. The number of rotatable bonds is 4. The van der Waals surface area contributed by atoms with Gasteiger partial charge in [-0.3, -0.25) is 0 Å². The van der Waals surface area contributed by atoms with Crippen LogP contribution >= 0.6 is 0 Å². The van der Waals surface area contributed by atoms with Crippen molar-refractivity contribution in [1.82, 2.24) is 4.90 Å². The molecule has 1 heterocycles. The number of hydrogen-bond donors (Lipinski definition) is 2. The Morgan fingerprint density at radius 1 is 1.28 bits per heavy atom. The first kappa shape index (κ1) is 17.1. The van der Waals surface area contributed by atoms with Crippen LogP contribution in [0.5, 0.6) is 11.5 Å². The van der Waals surface area contributed by atoms with Crippen LogP contribution in [0.25, 0.3) is 0 Å². The van der Waals surface area contributed by atoms with Gasteiger partial charge in [0.2, 0.25) is 0 Å². The largest absolute Gasteiger partial charge is 0.493 e. The molecule has 6 nitrogen and oxygen atoms in total. The van der Waals surface area contributed by atoms with Crippen LogP contribution in [-0.4, -0.2) is 43.4 Å². The van der Waals surface area contributed by atoms with E-state index in [1.54, 1.807) is 19.1 Å². The fourth-order valence-electron chi connectivity index (χ4n) is 3.15. The molecular weight excluding hydrogens is 320 g/mol. The standard InChI is InChI=1S/C19H22N2O4/c1-21(19(23)20-14-7-4-3-5-8-14)17-13(11-22)12-25-18-15(17)9-6-10-16(18)24-2/h3-10,13,17,22H,11-12H2,1-2H3,(H,20,23)/t13-,17-/m0/s1. The van der Waals surface area contributed by atoms with Gasteiger partial charge in [0.15, 0.2) is 11.5 Å². The molecule has 0 unspecified atom stereocenters. The monoisotopic (exact) mass is 342 g/mol. The highest BCUT2D eigenvalue weighted by Crippen LogP contribution is 2.43. The summed E-state index contributed by atoms with van der Waals surface area (Å²) in [5, 5.41) is 12.6. The summed E-state index contributed by atoms with van der Waals surface area (Å²) in [4.78, 5) is 14.3. The molecule has 0 bridgehead atoms. The van der Waals surface area contributed by atoms with E-state index in [-0.39, 0.29) is 24.6 Å². The Labute approximate surface area is 147 Å². The van der Waals surface area contributed by atoms with Gasteiger partial charge in [0.1, 0.15) is 0 Å². The molecule has 0 radical (unpaired) electrons. The number of methoxy groups -OCH3 is 1. The molecule has 2 aromatic carbocycles. The predicted molar refractivity (Wildman–Crippen MR) is 95.0 cm³/mol. The Bertz CT molecular complexity index is 735. The van der Waals surface area contributed by atoms with E-state index in [1.807, 2.05) is 48.5 Å². The average Bonchev–Trinajstić information content (AvgIpc) is 2.66. The third-order valence-electron chi connectivity index (χ3n) is 4.43. The summed E-state index contributed by atoms with van der Waals surface area (Å²) in [6.45, 7) is 0.238. The number of anilines is 1. The molecule has 0 saturated heterocycles. The highest BCUT2D eigenvalue weighted by Gasteiger charge is 2.37. The molecule has 1 aliphatic heterocycles. The molecule has 3 rings (SSSR count). The molecule has 132 valence electrons. The van der Waals surface area contributed by atoms with Gasteiger partial charge in [0, 0.05) is 24.2 Å².